The maximum atomic E-state index is 12.5. The molecule has 1 amide bonds. The average Bonchev–Trinajstić information content (AvgIpc) is 2.94. The smallest absolute Gasteiger partial charge is 0.239 e. The Morgan fingerprint density at radius 2 is 2.18 bits per heavy atom. The Bertz CT molecular complexity index is 759. The number of nitrogens with two attached hydrogens (primary N) is 1. The molecule has 2 aromatic rings. The van der Waals surface area contributed by atoms with Crippen LogP contribution in [0.15, 0.2) is 28.8 Å². The maximum Gasteiger partial charge on any atom is 0.239 e. The number of halogens is 1. The number of amides is 1. The molecule has 114 valence electrons. The van der Waals surface area contributed by atoms with Crippen molar-refractivity contribution >= 4 is 34.8 Å². The van der Waals surface area contributed by atoms with Gasteiger partial charge in [-0.05, 0) is 13.0 Å². The van der Waals surface area contributed by atoms with Gasteiger partial charge in [0.1, 0.15) is 5.15 Å². The van der Waals surface area contributed by atoms with Gasteiger partial charge in [0.2, 0.25) is 5.91 Å². The van der Waals surface area contributed by atoms with Gasteiger partial charge in [-0.2, -0.15) is 0 Å². The minimum absolute atomic E-state index is 0.0504. The molecule has 1 unspecified atom stereocenters. The van der Waals surface area contributed by atoms with Crippen molar-refractivity contribution in [3.8, 4) is 11.3 Å². The van der Waals surface area contributed by atoms with Gasteiger partial charge in [-0.1, -0.05) is 11.6 Å². The van der Waals surface area contributed by atoms with Crippen LogP contribution in [0, 0.1) is 0 Å². The van der Waals surface area contributed by atoms with Crippen molar-refractivity contribution in [3.05, 3.63) is 33.9 Å². The summed E-state index contributed by atoms with van der Waals surface area (Å²) in [6, 6.07) is 1.75. The van der Waals surface area contributed by atoms with E-state index in [0.717, 1.165) is 10.4 Å². The Labute approximate surface area is 136 Å². The highest BCUT2D eigenvalue weighted by Gasteiger charge is 2.35. The molecule has 1 aliphatic rings. The summed E-state index contributed by atoms with van der Waals surface area (Å²) in [5.74, 6) is -0.125. The molecule has 8 heteroatoms. The Balaban J connectivity index is 1.96. The number of aliphatic imine (C=N–C) groups is 1. The van der Waals surface area contributed by atoms with Crippen LogP contribution in [0.5, 0.6) is 0 Å². The molecule has 0 fully saturated rings. The number of hydrogen-bond acceptors (Lipinski definition) is 6. The quantitative estimate of drug-likeness (QED) is 0.911. The van der Waals surface area contributed by atoms with Gasteiger partial charge in [-0.25, -0.2) is 9.98 Å². The fraction of sp³-hybridized carbons (Fsp3) is 0.286. The van der Waals surface area contributed by atoms with Gasteiger partial charge in [0.15, 0.2) is 5.96 Å². The lowest BCUT2D eigenvalue weighted by atomic mass is 9.96. The number of likely N-dealkylation sites (N-methyl/N-ethyl adjacent to an activating group) is 1. The van der Waals surface area contributed by atoms with E-state index in [9.17, 15) is 4.79 Å². The normalized spacial score (nSPS) is 21.9. The summed E-state index contributed by atoms with van der Waals surface area (Å²) in [5.41, 5.74) is 7.31. The number of carbonyl (C=O) groups is 1. The van der Waals surface area contributed by atoms with E-state index in [1.807, 2.05) is 18.4 Å². The number of thiophene rings is 1. The monoisotopic (exact) mass is 335 g/mol. The van der Waals surface area contributed by atoms with Gasteiger partial charge in [0.05, 0.1) is 30.0 Å². The molecule has 3 heterocycles. The van der Waals surface area contributed by atoms with Crippen LogP contribution in [0.2, 0.25) is 5.15 Å². The lowest BCUT2D eigenvalue weighted by molar-refractivity contribution is -0.129. The first-order valence-electron chi connectivity index (χ1n) is 6.64. The van der Waals surface area contributed by atoms with Crippen LogP contribution in [-0.4, -0.2) is 39.8 Å². The minimum atomic E-state index is -0.330. The van der Waals surface area contributed by atoms with E-state index >= 15 is 0 Å². The molecule has 0 aromatic carbocycles. The predicted octanol–water partition coefficient (Wildman–Crippen LogP) is 2.12. The molecule has 1 aliphatic heterocycles. The summed E-state index contributed by atoms with van der Waals surface area (Å²) in [4.78, 5) is 27.4. The first-order chi connectivity index (χ1) is 10.5. The van der Waals surface area contributed by atoms with Gasteiger partial charge in [-0.3, -0.25) is 14.7 Å². The summed E-state index contributed by atoms with van der Waals surface area (Å²) in [6.45, 7) is 1.89. The lowest BCUT2D eigenvalue weighted by Gasteiger charge is -2.30. The molecule has 0 saturated carbocycles. The summed E-state index contributed by atoms with van der Waals surface area (Å²) in [7, 11) is 1.64. The van der Waals surface area contributed by atoms with Crippen molar-refractivity contribution in [2.24, 2.45) is 10.7 Å². The van der Waals surface area contributed by atoms with Gasteiger partial charge in [0.25, 0.3) is 0 Å². The number of carbonyl (C=O) groups excluding carboxylic acids is 1. The zero-order chi connectivity index (χ0) is 15.9. The standard InChI is InChI=1S/C14H14ClN5OS/c1-7-12(13(21)20(2)14(16)18-7)10-3-8(6-22-10)9-4-17-5-11(15)19-9/h3-7,12H,1-2H3,(H2,16,18)/t7-,12?/m0/s1. The second-order valence-electron chi connectivity index (χ2n) is 5.07. The Kier molecular flexibility index (Phi) is 3.84. The van der Waals surface area contributed by atoms with Gasteiger partial charge in [0, 0.05) is 22.9 Å². The number of nitrogens with zero attached hydrogens (tertiary/aromatic N) is 4. The van der Waals surface area contributed by atoms with Crippen LogP contribution >= 0.6 is 22.9 Å². The molecule has 2 aromatic heterocycles. The largest absolute Gasteiger partial charge is 0.369 e. The fourth-order valence-electron chi connectivity index (χ4n) is 2.39. The van der Waals surface area contributed by atoms with Crippen LogP contribution in [0.3, 0.4) is 0 Å². The summed E-state index contributed by atoms with van der Waals surface area (Å²) in [5, 5.41) is 2.28. The highest BCUT2D eigenvalue weighted by Crippen LogP contribution is 2.34. The van der Waals surface area contributed by atoms with Gasteiger partial charge in [-0.15, -0.1) is 11.3 Å². The third-order valence-electron chi connectivity index (χ3n) is 3.59. The maximum absolute atomic E-state index is 12.5. The van der Waals surface area contributed by atoms with Crippen molar-refractivity contribution in [1.29, 1.82) is 0 Å². The first kappa shape index (κ1) is 14.9. The van der Waals surface area contributed by atoms with E-state index in [0.29, 0.717) is 10.8 Å². The molecule has 0 radical (unpaired) electrons. The summed E-state index contributed by atoms with van der Waals surface area (Å²) >= 11 is 7.37. The van der Waals surface area contributed by atoms with E-state index in [4.69, 9.17) is 17.3 Å². The van der Waals surface area contributed by atoms with Gasteiger partial charge >= 0.3 is 0 Å². The van der Waals surface area contributed by atoms with E-state index in [1.165, 1.54) is 22.4 Å². The van der Waals surface area contributed by atoms with Crippen molar-refractivity contribution in [2.75, 3.05) is 7.05 Å². The van der Waals surface area contributed by atoms with Crippen LogP contribution in [0.1, 0.15) is 17.7 Å². The van der Waals surface area contributed by atoms with Crippen LogP contribution < -0.4 is 5.73 Å². The highest BCUT2D eigenvalue weighted by molar-refractivity contribution is 7.10. The van der Waals surface area contributed by atoms with Crippen LogP contribution in [0.4, 0.5) is 0 Å². The molecule has 6 nitrogen and oxygen atoms in total. The fourth-order valence-corrected chi connectivity index (χ4v) is 3.63. The highest BCUT2D eigenvalue weighted by atomic mass is 35.5. The van der Waals surface area contributed by atoms with Gasteiger partial charge < -0.3 is 5.73 Å². The number of hydrogen-bond donors (Lipinski definition) is 1. The summed E-state index contributed by atoms with van der Waals surface area (Å²) < 4.78 is 0. The Hall–Kier alpha value is -1.99. The Morgan fingerprint density at radius 1 is 1.41 bits per heavy atom. The SMILES string of the molecule is C[C@@H]1N=C(N)N(C)C(=O)C1c1cc(-c2cncc(Cl)n2)cs1. The van der Waals surface area contributed by atoms with E-state index in [1.54, 1.807) is 13.2 Å². The average molecular weight is 336 g/mol. The first-order valence-corrected chi connectivity index (χ1v) is 7.90. The zero-order valence-electron chi connectivity index (χ0n) is 12.0. The van der Waals surface area contributed by atoms with E-state index in [-0.39, 0.29) is 23.8 Å². The third-order valence-corrected chi connectivity index (χ3v) is 4.78. The van der Waals surface area contributed by atoms with Crippen LogP contribution in [-0.2, 0) is 4.79 Å². The number of rotatable bonds is 2. The topological polar surface area (TPSA) is 84.5 Å². The molecule has 0 aliphatic carbocycles. The third kappa shape index (κ3) is 2.57. The molecule has 22 heavy (non-hydrogen) atoms. The predicted molar refractivity (Wildman–Crippen MR) is 87.0 cm³/mol. The number of guanidine groups is 1. The van der Waals surface area contributed by atoms with Crippen molar-refractivity contribution in [1.82, 2.24) is 14.9 Å². The van der Waals surface area contributed by atoms with Crippen molar-refractivity contribution in [3.63, 3.8) is 0 Å². The van der Waals surface area contributed by atoms with Crippen molar-refractivity contribution in [2.45, 2.75) is 18.9 Å². The molecule has 0 saturated heterocycles. The molecule has 2 N–H and O–H groups in total. The zero-order valence-corrected chi connectivity index (χ0v) is 13.6. The van der Waals surface area contributed by atoms with E-state index in [2.05, 4.69) is 15.0 Å². The molecular weight excluding hydrogens is 322 g/mol. The molecular formula is C14H14ClN5OS. The molecule has 0 spiro atoms. The number of aromatic nitrogens is 2. The lowest BCUT2D eigenvalue weighted by Crippen LogP contribution is -2.48. The molecule has 2 atom stereocenters. The van der Waals surface area contributed by atoms with E-state index < -0.39 is 0 Å². The van der Waals surface area contributed by atoms with Crippen molar-refractivity contribution < 1.29 is 4.79 Å². The molecule has 3 rings (SSSR count). The Morgan fingerprint density at radius 3 is 2.91 bits per heavy atom. The van der Waals surface area contributed by atoms with Crippen LogP contribution in [0.25, 0.3) is 11.3 Å². The molecule has 0 bridgehead atoms. The minimum Gasteiger partial charge on any atom is -0.369 e. The summed E-state index contributed by atoms with van der Waals surface area (Å²) in [6.07, 6.45) is 3.13. The second-order valence-corrected chi connectivity index (χ2v) is 6.40. The second kappa shape index (κ2) is 5.66.